The molecule has 2 aromatic rings. The van der Waals surface area contributed by atoms with E-state index < -0.39 is 0 Å². The Hall–Kier alpha value is -2.17. The van der Waals surface area contributed by atoms with Gasteiger partial charge in [-0.25, -0.2) is 0 Å². The van der Waals surface area contributed by atoms with Crippen LogP contribution in [0, 0.1) is 13.8 Å². The van der Waals surface area contributed by atoms with E-state index in [1.165, 1.54) is 0 Å². The van der Waals surface area contributed by atoms with Crippen LogP contribution < -0.4 is 5.32 Å². The highest BCUT2D eigenvalue weighted by molar-refractivity contribution is 5.78. The lowest BCUT2D eigenvalue weighted by Gasteiger charge is -2.05. The van der Waals surface area contributed by atoms with Gasteiger partial charge in [0.25, 0.3) is 0 Å². The van der Waals surface area contributed by atoms with Crippen LogP contribution in [0.1, 0.15) is 22.5 Å². The predicted octanol–water partition coefficient (Wildman–Crippen LogP) is 1.28. The Morgan fingerprint density at radius 1 is 1.44 bits per heavy atom. The summed E-state index contributed by atoms with van der Waals surface area (Å²) in [6, 6.07) is 3.72. The van der Waals surface area contributed by atoms with Crippen molar-refractivity contribution in [2.75, 3.05) is 0 Å². The van der Waals surface area contributed by atoms with Gasteiger partial charge in [-0.2, -0.15) is 5.10 Å². The molecule has 0 aliphatic carbocycles. The third-order valence-corrected chi connectivity index (χ3v) is 2.83. The second-order valence-electron chi connectivity index (χ2n) is 4.23. The van der Waals surface area contributed by atoms with E-state index in [1.807, 2.05) is 26.0 Å². The van der Waals surface area contributed by atoms with Crippen LogP contribution in [0.15, 0.2) is 24.5 Å². The Morgan fingerprint density at radius 3 is 2.89 bits per heavy atom. The minimum absolute atomic E-state index is 0.0111. The first-order chi connectivity index (χ1) is 8.66. The molecule has 18 heavy (non-hydrogen) atoms. The van der Waals surface area contributed by atoms with Crippen molar-refractivity contribution in [1.29, 1.82) is 0 Å². The van der Waals surface area contributed by atoms with Crippen LogP contribution in [0.5, 0.6) is 0 Å². The molecule has 0 aliphatic rings. The molecule has 2 heterocycles. The summed E-state index contributed by atoms with van der Waals surface area (Å²) in [5, 5.41) is 9.88. The summed E-state index contributed by atoms with van der Waals surface area (Å²) < 4.78 is 0. The highest BCUT2D eigenvalue weighted by atomic mass is 16.1. The van der Waals surface area contributed by atoms with Crippen molar-refractivity contribution in [3.05, 3.63) is 47.0 Å². The van der Waals surface area contributed by atoms with E-state index in [9.17, 15) is 4.79 Å². The van der Waals surface area contributed by atoms with Crippen LogP contribution in [-0.4, -0.2) is 21.1 Å². The molecule has 0 aromatic carbocycles. The summed E-state index contributed by atoms with van der Waals surface area (Å²) in [5.74, 6) is -0.0111. The van der Waals surface area contributed by atoms with Gasteiger partial charge >= 0.3 is 0 Å². The maximum absolute atomic E-state index is 11.8. The van der Waals surface area contributed by atoms with Gasteiger partial charge in [0.2, 0.25) is 5.91 Å². The zero-order valence-electron chi connectivity index (χ0n) is 10.5. The molecule has 0 unspecified atom stereocenters. The van der Waals surface area contributed by atoms with Crippen LogP contribution in [-0.2, 0) is 17.8 Å². The van der Waals surface area contributed by atoms with Crippen molar-refractivity contribution in [2.24, 2.45) is 0 Å². The molecule has 0 radical (unpaired) electrons. The number of aromatic nitrogens is 3. The topological polar surface area (TPSA) is 70.7 Å². The third-order valence-electron chi connectivity index (χ3n) is 2.83. The van der Waals surface area contributed by atoms with Crippen molar-refractivity contribution < 1.29 is 4.79 Å². The van der Waals surface area contributed by atoms with E-state index in [2.05, 4.69) is 20.5 Å². The molecule has 0 bridgehead atoms. The minimum atomic E-state index is -0.0111. The summed E-state index contributed by atoms with van der Waals surface area (Å²) in [6.07, 6.45) is 3.75. The Labute approximate surface area is 106 Å². The average Bonchev–Trinajstić information content (AvgIpc) is 2.68. The van der Waals surface area contributed by atoms with E-state index in [-0.39, 0.29) is 5.91 Å². The minimum Gasteiger partial charge on any atom is -0.352 e. The summed E-state index contributed by atoms with van der Waals surface area (Å²) >= 11 is 0. The normalized spacial score (nSPS) is 10.3. The molecule has 94 valence electrons. The lowest BCUT2D eigenvalue weighted by atomic mass is 10.2. The lowest BCUT2D eigenvalue weighted by Crippen LogP contribution is -2.25. The molecular weight excluding hydrogens is 228 g/mol. The number of aromatic amines is 1. The number of aryl methyl sites for hydroxylation is 2. The SMILES string of the molecule is Cc1n[nH]c(C)c1CNC(=O)Cc1cccnc1. The van der Waals surface area contributed by atoms with E-state index in [4.69, 9.17) is 0 Å². The highest BCUT2D eigenvalue weighted by Crippen LogP contribution is 2.08. The molecular formula is C13H16N4O. The number of pyridine rings is 1. The lowest BCUT2D eigenvalue weighted by molar-refractivity contribution is -0.120. The first kappa shape index (κ1) is 12.3. The first-order valence-corrected chi connectivity index (χ1v) is 5.83. The van der Waals surface area contributed by atoms with E-state index in [1.54, 1.807) is 12.4 Å². The van der Waals surface area contributed by atoms with Gasteiger partial charge in [0.15, 0.2) is 0 Å². The smallest absolute Gasteiger partial charge is 0.224 e. The second kappa shape index (κ2) is 5.44. The zero-order valence-corrected chi connectivity index (χ0v) is 10.5. The Balaban J connectivity index is 1.89. The molecule has 0 atom stereocenters. The number of nitrogens with zero attached hydrogens (tertiary/aromatic N) is 2. The number of amides is 1. The number of hydrogen-bond donors (Lipinski definition) is 2. The first-order valence-electron chi connectivity index (χ1n) is 5.83. The number of nitrogens with one attached hydrogen (secondary N) is 2. The molecule has 0 saturated carbocycles. The maximum Gasteiger partial charge on any atom is 0.224 e. The Bertz CT molecular complexity index is 514. The summed E-state index contributed by atoms with van der Waals surface area (Å²) in [7, 11) is 0. The Morgan fingerprint density at radius 2 is 2.28 bits per heavy atom. The molecule has 0 fully saturated rings. The standard InChI is InChI=1S/C13H16N4O/c1-9-12(10(2)17-16-9)8-15-13(18)6-11-4-3-5-14-7-11/h3-5,7H,6,8H2,1-2H3,(H,15,18)(H,16,17). The number of carbonyl (C=O) groups excluding carboxylic acids is 1. The molecule has 0 aliphatic heterocycles. The van der Waals surface area contributed by atoms with Gasteiger partial charge in [-0.1, -0.05) is 6.07 Å². The van der Waals surface area contributed by atoms with Crippen molar-refractivity contribution in [2.45, 2.75) is 26.8 Å². The fourth-order valence-electron chi connectivity index (χ4n) is 1.77. The zero-order chi connectivity index (χ0) is 13.0. The molecule has 0 saturated heterocycles. The van der Waals surface area contributed by atoms with Gasteiger partial charge in [-0.3, -0.25) is 14.9 Å². The van der Waals surface area contributed by atoms with Crippen LogP contribution in [0.25, 0.3) is 0 Å². The predicted molar refractivity (Wildman–Crippen MR) is 67.8 cm³/mol. The summed E-state index contributed by atoms with van der Waals surface area (Å²) in [5.41, 5.74) is 3.88. The largest absolute Gasteiger partial charge is 0.352 e. The second-order valence-corrected chi connectivity index (χ2v) is 4.23. The van der Waals surface area contributed by atoms with Crippen molar-refractivity contribution >= 4 is 5.91 Å². The quantitative estimate of drug-likeness (QED) is 0.851. The fraction of sp³-hybridized carbons (Fsp3) is 0.308. The van der Waals surface area contributed by atoms with Crippen LogP contribution >= 0.6 is 0 Å². The molecule has 0 spiro atoms. The molecule has 2 N–H and O–H groups in total. The van der Waals surface area contributed by atoms with E-state index >= 15 is 0 Å². The number of hydrogen-bond acceptors (Lipinski definition) is 3. The Kier molecular flexibility index (Phi) is 3.72. The van der Waals surface area contributed by atoms with Crippen molar-refractivity contribution in [3.8, 4) is 0 Å². The van der Waals surface area contributed by atoms with Crippen LogP contribution in [0.2, 0.25) is 0 Å². The maximum atomic E-state index is 11.8. The third kappa shape index (κ3) is 2.94. The van der Waals surface area contributed by atoms with Crippen molar-refractivity contribution in [1.82, 2.24) is 20.5 Å². The molecule has 2 rings (SSSR count). The molecule has 2 aromatic heterocycles. The van der Waals surface area contributed by atoms with Crippen LogP contribution in [0.4, 0.5) is 0 Å². The number of H-pyrrole nitrogens is 1. The number of rotatable bonds is 4. The van der Waals surface area contributed by atoms with Gasteiger partial charge in [0, 0.05) is 30.2 Å². The van der Waals surface area contributed by atoms with Crippen LogP contribution in [0.3, 0.4) is 0 Å². The monoisotopic (exact) mass is 244 g/mol. The molecule has 5 heteroatoms. The van der Waals surface area contributed by atoms with Gasteiger partial charge in [0.05, 0.1) is 12.1 Å². The van der Waals surface area contributed by atoms with Gasteiger partial charge in [-0.05, 0) is 25.5 Å². The van der Waals surface area contributed by atoms with Gasteiger partial charge < -0.3 is 5.32 Å². The van der Waals surface area contributed by atoms with E-state index in [0.717, 1.165) is 22.5 Å². The van der Waals surface area contributed by atoms with E-state index in [0.29, 0.717) is 13.0 Å². The molecule has 5 nitrogen and oxygen atoms in total. The van der Waals surface area contributed by atoms with Gasteiger partial charge in [-0.15, -0.1) is 0 Å². The summed E-state index contributed by atoms with van der Waals surface area (Å²) in [6.45, 7) is 4.38. The average molecular weight is 244 g/mol. The number of carbonyl (C=O) groups is 1. The molecule has 1 amide bonds. The van der Waals surface area contributed by atoms with Crippen molar-refractivity contribution in [3.63, 3.8) is 0 Å². The summed E-state index contributed by atoms with van der Waals surface area (Å²) in [4.78, 5) is 15.7. The fourth-order valence-corrected chi connectivity index (χ4v) is 1.77. The van der Waals surface area contributed by atoms with Gasteiger partial charge in [0.1, 0.15) is 0 Å². The highest BCUT2D eigenvalue weighted by Gasteiger charge is 2.08.